The van der Waals surface area contributed by atoms with Gasteiger partial charge < -0.3 is 10.2 Å². The van der Waals surface area contributed by atoms with Gasteiger partial charge in [0.15, 0.2) is 0 Å². The Labute approximate surface area is 133 Å². The molecule has 0 amide bonds. The van der Waals surface area contributed by atoms with Crippen LogP contribution in [0.4, 0.5) is 0 Å². The molecule has 0 aliphatic carbocycles. The standard InChI is InChI=1S/C10H18O4.K/c11-9(12)7-5-3-1-2-4-6-8-10(13)14;/h1-8H2,(H,11,12)(H,13,14);. The van der Waals surface area contributed by atoms with E-state index in [1.54, 1.807) is 0 Å². The Kier molecular flexibility index (Phi) is 15.1. The van der Waals surface area contributed by atoms with Crippen molar-refractivity contribution in [3.63, 3.8) is 0 Å². The van der Waals surface area contributed by atoms with Crippen LogP contribution in [0.25, 0.3) is 0 Å². The van der Waals surface area contributed by atoms with Crippen molar-refractivity contribution in [2.75, 3.05) is 0 Å². The molecule has 0 aromatic rings. The molecule has 83 valence electrons. The maximum Gasteiger partial charge on any atom is 0.303 e. The molecule has 0 aromatic carbocycles. The average Bonchev–Trinajstić information content (AvgIpc) is 2.08. The van der Waals surface area contributed by atoms with Gasteiger partial charge in [0.05, 0.1) is 0 Å². The third kappa shape index (κ3) is 17.2. The van der Waals surface area contributed by atoms with Gasteiger partial charge in [0.25, 0.3) is 0 Å². The minimum absolute atomic E-state index is 0. The smallest absolute Gasteiger partial charge is 0.303 e. The summed E-state index contributed by atoms with van der Waals surface area (Å²) >= 11 is 0. The van der Waals surface area contributed by atoms with Gasteiger partial charge in [0.2, 0.25) is 0 Å². The number of hydrogen-bond donors (Lipinski definition) is 2. The van der Waals surface area contributed by atoms with E-state index < -0.39 is 11.9 Å². The molecule has 0 saturated carbocycles. The number of carbonyl (C=O) groups is 2. The second kappa shape index (κ2) is 12.6. The molecule has 0 atom stereocenters. The first kappa shape index (κ1) is 18.0. The topological polar surface area (TPSA) is 74.6 Å². The zero-order valence-electron chi connectivity index (χ0n) is 9.37. The molecule has 0 saturated heterocycles. The first-order valence-electron chi connectivity index (χ1n) is 5.06. The minimum atomic E-state index is -0.740. The number of unbranched alkanes of at least 4 members (excludes halogenated alkanes) is 5. The fourth-order valence-electron chi connectivity index (χ4n) is 1.26. The predicted octanol–water partition coefficient (Wildman–Crippen LogP) is 1.90. The third-order valence-electron chi connectivity index (χ3n) is 2.03. The van der Waals surface area contributed by atoms with E-state index in [1.807, 2.05) is 0 Å². The molecule has 0 heterocycles. The zero-order valence-corrected chi connectivity index (χ0v) is 12.5. The summed E-state index contributed by atoms with van der Waals surface area (Å²) in [6.45, 7) is 0. The Morgan fingerprint density at radius 2 is 0.933 bits per heavy atom. The van der Waals surface area contributed by atoms with E-state index in [0.29, 0.717) is 0 Å². The van der Waals surface area contributed by atoms with Crippen molar-refractivity contribution >= 4 is 63.3 Å². The Bertz CT molecular complexity index is 162. The maximum absolute atomic E-state index is 10.1. The quantitative estimate of drug-likeness (QED) is 0.477. The molecule has 4 nitrogen and oxygen atoms in total. The van der Waals surface area contributed by atoms with Gasteiger partial charge in [-0.05, 0) is 12.8 Å². The normalized spacial score (nSPS) is 9.33. The number of carboxylic acids is 2. The van der Waals surface area contributed by atoms with Crippen molar-refractivity contribution in [3.8, 4) is 0 Å². The van der Waals surface area contributed by atoms with Crippen molar-refractivity contribution in [3.05, 3.63) is 0 Å². The molecule has 0 bridgehead atoms. The SMILES string of the molecule is O=C(O)CCCCCCCCC(=O)O.[K]. The van der Waals surface area contributed by atoms with Crippen LogP contribution >= 0.6 is 0 Å². The summed E-state index contributed by atoms with van der Waals surface area (Å²) < 4.78 is 0. The van der Waals surface area contributed by atoms with Gasteiger partial charge in [-0.25, -0.2) is 0 Å². The van der Waals surface area contributed by atoms with E-state index in [1.165, 1.54) is 0 Å². The van der Waals surface area contributed by atoms with Gasteiger partial charge in [-0.1, -0.05) is 25.7 Å². The molecule has 0 spiro atoms. The molecule has 0 aromatic heterocycles. The molecular formula is C10H18KO4. The Balaban J connectivity index is 0. The average molecular weight is 241 g/mol. The summed E-state index contributed by atoms with van der Waals surface area (Å²) in [4.78, 5) is 20.3. The first-order valence-corrected chi connectivity index (χ1v) is 5.06. The molecule has 0 aliphatic heterocycles. The number of rotatable bonds is 9. The maximum atomic E-state index is 10.1. The number of aliphatic carboxylic acids is 2. The van der Waals surface area contributed by atoms with Crippen LogP contribution in [-0.4, -0.2) is 73.5 Å². The molecule has 0 aliphatic rings. The molecule has 1 radical (unpaired) electrons. The Morgan fingerprint density at radius 3 is 1.20 bits per heavy atom. The van der Waals surface area contributed by atoms with Crippen molar-refractivity contribution in [2.45, 2.75) is 51.4 Å². The van der Waals surface area contributed by atoms with Crippen molar-refractivity contribution < 1.29 is 19.8 Å². The molecule has 2 N–H and O–H groups in total. The van der Waals surface area contributed by atoms with Crippen LogP contribution in [0.3, 0.4) is 0 Å². The molecule has 0 rings (SSSR count). The molecular weight excluding hydrogens is 223 g/mol. The number of carboxylic acid groups (broad SMARTS) is 2. The van der Waals surface area contributed by atoms with Crippen molar-refractivity contribution in [1.82, 2.24) is 0 Å². The van der Waals surface area contributed by atoms with Gasteiger partial charge in [0.1, 0.15) is 0 Å². The Hall–Kier alpha value is 0.576. The minimum Gasteiger partial charge on any atom is -0.481 e. The summed E-state index contributed by atoms with van der Waals surface area (Å²) in [5, 5.41) is 16.7. The van der Waals surface area contributed by atoms with E-state index in [4.69, 9.17) is 10.2 Å². The summed E-state index contributed by atoms with van der Waals surface area (Å²) in [7, 11) is 0. The van der Waals surface area contributed by atoms with Gasteiger partial charge >= 0.3 is 11.9 Å². The van der Waals surface area contributed by atoms with Crippen LogP contribution in [0.2, 0.25) is 0 Å². The van der Waals surface area contributed by atoms with E-state index in [9.17, 15) is 9.59 Å². The van der Waals surface area contributed by atoms with E-state index in [-0.39, 0.29) is 64.2 Å². The van der Waals surface area contributed by atoms with Gasteiger partial charge in [-0.3, -0.25) is 9.59 Å². The summed E-state index contributed by atoms with van der Waals surface area (Å²) in [6.07, 6.45) is 5.82. The zero-order chi connectivity index (χ0) is 10.8. The molecule has 5 heteroatoms. The Morgan fingerprint density at radius 1 is 0.667 bits per heavy atom. The summed E-state index contributed by atoms with van der Waals surface area (Å²) in [6, 6.07) is 0. The third-order valence-corrected chi connectivity index (χ3v) is 2.03. The van der Waals surface area contributed by atoms with Gasteiger partial charge in [0, 0.05) is 64.2 Å². The van der Waals surface area contributed by atoms with Gasteiger partial charge in [-0.2, -0.15) is 0 Å². The van der Waals surface area contributed by atoms with Crippen LogP contribution in [0.5, 0.6) is 0 Å². The van der Waals surface area contributed by atoms with E-state index >= 15 is 0 Å². The van der Waals surface area contributed by atoms with Crippen LogP contribution in [0.15, 0.2) is 0 Å². The fraction of sp³-hybridized carbons (Fsp3) is 0.800. The van der Waals surface area contributed by atoms with Crippen molar-refractivity contribution in [2.24, 2.45) is 0 Å². The monoisotopic (exact) mass is 241 g/mol. The van der Waals surface area contributed by atoms with Crippen molar-refractivity contribution in [1.29, 1.82) is 0 Å². The first-order chi connectivity index (χ1) is 6.63. The van der Waals surface area contributed by atoms with Crippen LogP contribution in [0, 0.1) is 0 Å². The fourth-order valence-corrected chi connectivity index (χ4v) is 1.26. The van der Waals surface area contributed by atoms with Gasteiger partial charge in [-0.15, -0.1) is 0 Å². The van der Waals surface area contributed by atoms with Crippen LogP contribution in [-0.2, 0) is 9.59 Å². The second-order valence-electron chi connectivity index (χ2n) is 3.41. The molecule has 0 unspecified atom stereocenters. The predicted molar refractivity (Wildman–Crippen MR) is 58.0 cm³/mol. The molecule has 0 fully saturated rings. The van der Waals surface area contributed by atoms with Crippen LogP contribution < -0.4 is 0 Å². The number of hydrogen-bond acceptors (Lipinski definition) is 2. The van der Waals surface area contributed by atoms with Crippen LogP contribution in [0.1, 0.15) is 51.4 Å². The molecule has 15 heavy (non-hydrogen) atoms. The summed E-state index contributed by atoms with van der Waals surface area (Å²) in [5.41, 5.74) is 0. The second-order valence-corrected chi connectivity index (χ2v) is 3.41. The summed E-state index contributed by atoms with van der Waals surface area (Å²) in [5.74, 6) is -1.48. The van der Waals surface area contributed by atoms with E-state index in [0.717, 1.165) is 38.5 Å². The largest absolute Gasteiger partial charge is 0.481 e. The van der Waals surface area contributed by atoms with E-state index in [2.05, 4.69) is 0 Å².